The molecule has 0 unspecified atom stereocenters. The van der Waals surface area contributed by atoms with Crippen molar-refractivity contribution < 1.29 is 27.8 Å². The lowest BCUT2D eigenvalue weighted by molar-refractivity contribution is 0.0624. The largest absolute Gasteiger partial charge is 0.444 e. The summed E-state index contributed by atoms with van der Waals surface area (Å²) in [5.74, 6) is -0.529. The molecular formula is C47H40F2IN9O6. The molecule has 18 heteroatoms. The Bertz CT molecular complexity index is 3060. The van der Waals surface area contributed by atoms with Gasteiger partial charge in [0.15, 0.2) is 17.3 Å². The number of amides is 2. The van der Waals surface area contributed by atoms with Crippen LogP contribution in [0.3, 0.4) is 0 Å². The molecule has 0 atom stereocenters. The van der Waals surface area contributed by atoms with E-state index in [0.717, 1.165) is 6.07 Å². The molecule has 4 aromatic heterocycles. The summed E-state index contributed by atoms with van der Waals surface area (Å²) in [5, 5.41) is 4.77. The van der Waals surface area contributed by atoms with Crippen LogP contribution in [0.5, 0.6) is 0 Å². The zero-order valence-electron chi connectivity index (χ0n) is 35.8. The third-order valence-corrected chi connectivity index (χ3v) is 9.45. The van der Waals surface area contributed by atoms with Crippen LogP contribution in [0, 0.1) is 21.8 Å². The number of carbonyl (C=O) groups is 2. The second-order valence-electron chi connectivity index (χ2n) is 15.9. The number of carbonyl (C=O) groups excluding carboxylic acids is 2. The molecule has 0 fully saturated rings. The number of benzene rings is 3. The number of para-hydroxylation sites is 1. The number of ether oxygens (including phenoxy) is 2. The predicted molar refractivity (Wildman–Crippen MR) is 250 cm³/mol. The topological polar surface area (TPSA) is 177 Å². The number of nitrogens with one attached hydrogen (secondary N) is 2. The quantitative estimate of drug-likeness (QED) is 0.115. The first-order valence-corrected chi connectivity index (χ1v) is 20.7. The van der Waals surface area contributed by atoms with E-state index in [9.17, 15) is 28.0 Å². The van der Waals surface area contributed by atoms with Gasteiger partial charge in [0.1, 0.15) is 22.8 Å². The number of pyridine rings is 2. The van der Waals surface area contributed by atoms with E-state index in [2.05, 4.69) is 35.4 Å². The van der Waals surface area contributed by atoms with E-state index in [4.69, 9.17) is 16.0 Å². The summed E-state index contributed by atoms with van der Waals surface area (Å²) in [6.45, 7) is 17.7. The van der Waals surface area contributed by atoms with Crippen molar-refractivity contribution in [2.75, 3.05) is 10.6 Å². The number of nitrogens with zero attached hydrogens (tertiary/aromatic N) is 7. The Morgan fingerprint density at radius 2 is 1.08 bits per heavy atom. The van der Waals surface area contributed by atoms with Crippen LogP contribution >= 0.6 is 22.6 Å². The number of hydrogen-bond acceptors (Lipinski definition) is 10. The van der Waals surface area contributed by atoms with Crippen LogP contribution < -0.4 is 21.8 Å². The Morgan fingerprint density at radius 1 is 0.631 bits per heavy atom. The number of rotatable bonds is 7. The molecule has 0 bridgehead atoms. The van der Waals surface area contributed by atoms with Gasteiger partial charge < -0.3 is 9.47 Å². The van der Waals surface area contributed by atoms with Crippen LogP contribution in [0.2, 0.25) is 0 Å². The second kappa shape index (κ2) is 19.8. The molecule has 0 radical (unpaired) electrons. The molecule has 7 aromatic rings. The number of halogens is 3. The third kappa shape index (κ3) is 12.1. The molecule has 15 nitrogen and oxygen atoms in total. The fraction of sp³-hybridized carbons (Fsp3) is 0.170. The minimum atomic E-state index is -0.830. The van der Waals surface area contributed by atoms with E-state index in [-0.39, 0.29) is 28.2 Å². The summed E-state index contributed by atoms with van der Waals surface area (Å²) < 4.78 is 42.3. The summed E-state index contributed by atoms with van der Waals surface area (Å²) in [7, 11) is 0. The first-order valence-electron chi connectivity index (χ1n) is 19.6. The van der Waals surface area contributed by atoms with Crippen LogP contribution in [0.15, 0.2) is 132 Å². The smallest absolute Gasteiger partial charge is 0.412 e. The van der Waals surface area contributed by atoms with E-state index in [0.29, 0.717) is 43.3 Å². The average molecular weight is 992 g/mol. The summed E-state index contributed by atoms with van der Waals surface area (Å²) in [6.07, 6.45) is 7.84. The molecule has 0 saturated heterocycles. The molecule has 7 rings (SSSR count). The van der Waals surface area contributed by atoms with Crippen molar-refractivity contribution in [2.45, 2.75) is 52.7 Å². The van der Waals surface area contributed by atoms with Gasteiger partial charge in [-0.2, -0.15) is 0 Å². The maximum atomic E-state index is 14.6. The highest BCUT2D eigenvalue weighted by Crippen LogP contribution is 2.31. The normalized spacial score (nSPS) is 11.1. The average Bonchev–Trinajstić information content (AvgIpc) is 3.26. The Morgan fingerprint density at radius 3 is 1.54 bits per heavy atom. The van der Waals surface area contributed by atoms with Crippen LogP contribution in [0.1, 0.15) is 41.5 Å². The van der Waals surface area contributed by atoms with Gasteiger partial charge in [-0.3, -0.25) is 29.4 Å². The van der Waals surface area contributed by atoms with E-state index in [1.807, 2.05) is 22.6 Å². The number of aromatic nitrogens is 6. The fourth-order valence-electron chi connectivity index (χ4n) is 5.99. The van der Waals surface area contributed by atoms with Crippen molar-refractivity contribution in [1.29, 1.82) is 0 Å². The zero-order valence-corrected chi connectivity index (χ0v) is 37.9. The molecule has 0 spiro atoms. The molecule has 0 saturated carbocycles. The standard InChI is InChI=1S/C27H22FN5O3.C20H18FIN4O3/c1-27(2,3)36-26(35)32-23-15-18(10-11-21(23)28)33-16-17(24-30-12-7-13-31-24)14-20(25(33)34)19-8-5-6-9-22(19)29-4;1-20(2,3)29-19(28)25-16-10-13(5-6-14(16)21)26-11-12(9-15(22)18(26)27)17-23-7-4-8-24-17/h5-16H,1-3H3,(H,32,35);4-11H,1-3H3,(H,25,28). The third-order valence-electron chi connectivity index (χ3n) is 8.68. The molecule has 4 heterocycles. The maximum absolute atomic E-state index is 14.6. The predicted octanol–water partition coefficient (Wildman–Crippen LogP) is 10.4. The summed E-state index contributed by atoms with van der Waals surface area (Å²) >= 11 is 1.93. The molecule has 0 aliphatic heterocycles. The number of hydrogen-bond donors (Lipinski definition) is 2. The Labute approximate surface area is 385 Å². The van der Waals surface area contributed by atoms with Gasteiger partial charge in [0.2, 0.25) is 0 Å². The van der Waals surface area contributed by atoms with E-state index >= 15 is 0 Å². The first kappa shape index (κ1) is 46.8. The van der Waals surface area contributed by atoms with Gasteiger partial charge in [-0.25, -0.2) is 43.2 Å². The molecule has 0 aliphatic carbocycles. The lowest BCUT2D eigenvalue weighted by atomic mass is 10.0. The van der Waals surface area contributed by atoms with Crippen LogP contribution in [-0.2, 0) is 9.47 Å². The lowest BCUT2D eigenvalue weighted by Crippen LogP contribution is -2.27. The van der Waals surface area contributed by atoms with Crippen molar-refractivity contribution in [3.05, 3.63) is 169 Å². The monoisotopic (exact) mass is 991 g/mol. The molecular weight excluding hydrogens is 951 g/mol. The van der Waals surface area contributed by atoms with Gasteiger partial charge in [-0.15, -0.1) is 0 Å². The van der Waals surface area contributed by atoms with E-state index in [1.54, 1.807) is 121 Å². The molecule has 2 amide bonds. The summed E-state index contributed by atoms with van der Waals surface area (Å²) in [6, 6.07) is 21.3. The van der Waals surface area contributed by atoms with Crippen LogP contribution in [-0.4, -0.2) is 52.5 Å². The molecule has 0 aliphatic rings. The highest BCUT2D eigenvalue weighted by atomic mass is 127. The molecule has 65 heavy (non-hydrogen) atoms. The maximum Gasteiger partial charge on any atom is 0.412 e. The van der Waals surface area contributed by atoms with Gasteiger partial charge in [-0.05, 0) is 130 Å². The summed E-state index contributed by atoms with van der Waals surface area (Å²) in [4.78, 5) is 71.0. The van der Waals surface area contributed by atoms with Crippen molar-refractivity contribution in [3.63, 3.8) is 0 Å². The second-order valence-corrected chi connectivity index (χ2v) is 17.1. The minimum absolute atomic E-state index is 0.0972. The van der Waals surface area contributed by atoms with Crippen molar-refractivity contribution in [1.82, 2.24) is 29.1 Å². The molecule has 2 N–H and O–H groups in total. The van der Waals surface area contributed by atoms with Crippen LogP contribution in [0.25, 0.3) is 50.1 Å². The molecule has 330 valence electrons. The SMILES string of the molecule is CC(C)(C)OC(=O)Nc1cc(-n2cc(-c3ncccn3)cc(I)c2=O)ccc1F.[C-]#[N+]c1ccccc1-c1cc(-c2ncccn2)cn(-c2ccc(F)c(NC(=O)OC(C)(C)C)c2)c1=O. The first-order chi connectivity index (χ1) is 30.8. The fourth-order valence-corrected chi connectivity index (χ4v) is 6.59. The highest BCUT2D eigenvalue weighted by Gasteiger charge is 2.21. The minimum Gasteiger partial charge on any atom is -0.444 e. The highest BCUT2D eigenvalue weighted by molar-refractivity contribution is 14.1. The molecule has 3 aromatic carbocycles. The summed E-state index contributed by atoms with van der Waals surface area (Å²) in [5.41, 5.74) is 0.300. The van der Waals surface area contributed by atoms with Gasteiger partial charge in [0.25, 0.3) is 11.1 Å². The zero-order chi connectivity index (χ0) is 47.1. The Balaban J connectivity index is 0.000000221. The number of anilines is 2. The van der Waals surface area contributed by atoms with Crippen LogP contribution in [0.4, 0.5) is 35.4 Å². The van der Waals surface area contributed by atoms with Gasteiger partial charge >= 0.3 is 12.2 Å². The van der Waals surface area contributed by atoms with Gasteiger partial charge in [0, 0.05) is 53.9 Å². The van der Waals surface area contributed by atoms with Crippen molar-refractivity contribution >= 4 is 51.8 Å². The lowest BCUT2D eigenvalue weighted by Gasteiger charge is -2.20. The van der Waals surface area contributed by atoms with Crippen molar-refractivity contribution in [3.8, 4) is 45.3 Å². The van der Waals surface area contributed by atoms with Crippen molar-refractivity contribution in [2.24, 2.45) is 0 Å². The Hall–Kier alpha value is -7.66. The van der Waals surface area contributed by atoms with E-state index < -0.39 is 40.6 Å². The van der Waals surface area contributed by atoms with Gasteiger partial charge in [-0.1, -0.05) is 24.3 Å². The van der Waals surface area contributed by atoms with Gasteiger partial charge in [0.05, 0.1) is 32.9 Å². The van der Waals surface area contributed by atoms with E-state index in [1.165, 1.54) is 45.7 Å². The Kier molecular flexibility index (Phi) is 14.3.